The first-order chi connectivity index (χ1) is 25.5. The van der Waals surface area contributed by atoms with Gasteiger partial charge in [0.15, 0.2) is 23.0 Å². The van der Waals surface area contributed by atoms with Crippen LogP contribution in [0.15, 0.2) is 60.7 Å². The highest BCUT2D eigenvalue weighted by molar-refractivity contribution is 5.92. The van der Waals surface area contributed by atoms with E-state index in [9.17, 15) is 9.59 Å². The number of ether oxygens (including phenoxy) is 10. The molecule has 0 spiro atoms. The van der Waals surface area contributed by atoms with Crippen LogP contribution < -0.4 is 28.4 Å². The van der Waals surface area contributed by atoms with Crippen LogP contribution in [0.1, 0.15) is 20.7 Å². The molecule has 0 amide bonds. The maximum Gasteiger partial charge on any atom is 0.343 e. The lowest BCUT2D eigenvalue weighted by Gasteiger charge is -2.15. The van der Waals surface area contributed by atoms with Crippen LogP contribution in [0.5, 0.6) is 34.5 Å². The fraction of sp³-hybridized carbons (Fsp3) is 0.444. The number of benzene rings is 3. The summed E-state index contributed by atoms with van der Waals surface area (Å²) in [5.74, 6) is 0.261. The third-order valence-corrected chi connectivity index (χ3v) is 6.49. The molecule has 3 aromatic carbocycles. The molecule has 0 heterocycles. The predicted octanol–water partition coefficient (Wildman–Crippen LogP) is 1.68. The number of carbonyl (C=O) groups excluding carboxylic acids is 2. The van der Waals surface area contributed by atoms with Crippen LogP contribution >= 0.6 is 0 Å². The van der Waals surface area contributed by atoms with Gasteiger partial charge in [-0.15, -0.1) is 0 Å². The normalized spacial score (nSPS) is 10.8. The van der Waals surface area contributed by atoms with E-state index in [1.54, 1.807) is 12.1 Å². The van der Waals surface area contributed by atoms with Gasteiger partial charge in [-0.25, -0.2) is 9.59 Å². The molecule has 0 saturated heterocycles. The summed E-state index contributed by atoms with van der Waals surface area (Å²) in [6.45, 7) is 1.69. The van der Waals surface area contributed by atoms with E-state index in [-0.39, 0.29) is 140 Å². The van der Waals surface area contributed by atoms with Gasteiger partial charge in [-0.05, 0) is 60.7 Å². The van der Waals surface area contributed by atoms with Crippen molar-refractivity contribution in [3.63, 3.8) is 0 Å². The Kier molecular flexibility index (Phi) is 20.5. The summed E-state index contributed by atoms with van der Waals surface area (Å²) < 4.78 is 54.9. The van der Waals surface area contributed by atoms with Crippen molar-refractivity contribution in [1.29, 1.82) is 0 Å². The number of aliphatic hydroxyl groups excluding tert-OH is 4. The largest absolute Gasteiger partial charge is 0.487 e. The summed E-state index contributed by atoms with van der Waals surface area (Å²) in [4.78, 5) is 26.0. The van der Waals surface area contributed by atoms with Crippen LogP contribution in [-0.4, -0.2) is 138 Å². The molecule has 52 heavy (non-hydrogen) atoms. The zero-order valence-electron chi connectivity index (χ0n) is 28.8. The number of hydrogen-bond acceptors (Lipinski definition) is 16. The van der Waals surface area contributed by atoms with E-state index in [1.807, 2.05) is 0 Å². The Bertz CT molecular complexity index is 1340. The van der Waals surface area contributed by atoms with E-state index in [0.717, 1.165) is 0 Å². The van der Waals surface area contributed by atoms with Crippen LogP contribution in [0.3, 0.4) is 0 Å². The van der Waals surface area contributed by atoms with E-state index in [0.29, 0.717) is 11.5 Å². The van der Waals surface area contributed by atoms with E-state index >= 15 is 0 Å². The Morgan fingerprint density at radius 3 is 1.00 bits per heavy atom. The number of esters is 2. The molecule has 0 saturated carbocycles. The van der Waals surface area contributed by atoms with Gasteiger partial charge in [0.1, 0.15) is 37.9 Å². The first-order valence-corrected chi connectivity index (χ1v) is 16.6. The maximum atomic E-state index is 13.0. The average Bonchev–Trinajstić information content (AvgIpc) is 3.16. The van der Waals surface area contributed by atoms with Crippen LogP contribution in [0, 0.1) is 0 Å². The molecular weight excluding hydrogens is 688 g/mol. The Morgan fingerprint density at radius 2 is 0.692 bits per heavy atom. The monoisotopic (exact) mass is 734 g/mol. The third kappa shape index (κ3) is 15.8. The lowest BCUT2D eigenvalue weighted by atomic mass is 10.2. The maximum absolute atomic E-state index is 13.0. The van der Waals surface area contributed by atoms with Crippen molar-refractivity contribution in [2.24, 2.45) is 0 Å². The minimum Gasteiger partial charge on any atom is -0.487 e. The standard InChI is InChI=1S/C36H46O16/c37-9-13-43-17-21-47-31-7-1-27(25-33(31)49-23-19-45-15-11-39)35(41)51-29-3-5-30(6-4-29)52-36(42)28-2-8-32(48-22-18-44-14-10-38)34(26-28)50-24-20-46-16-12-40/h1-8,25-26,37-40H,9-24H2. The zero-order chi connectivity index (χ0) is 37.2. The van der Waals surface area contributed by atoms with Gasteiger partial charge >= 0.3 is 11.9 Å². The molecule has 0 radical (unpaired) electrons. The van der Waals surface area contributed by atoms with Crippen LogP contribution in [0.25, 0.3) is 0 Å². The molecule has 286 valence electrons. The van der Waals surface area contributed by atoms with Gasteiger partial charge in [-0.3, -0.25) is 0 Å². The van der Waals surface area contributed by atoms with Crippen LogP contribution in [-0.2, 0) is 18.9 Å². The molecule has 0 aliphatic rings. The molecule has 0 aliphatic heterocycles. The molecule has 3 aromatic rings. The Hall–Kier alpha value is -4.52. The first-order valence-electron chi connectivity index (χ1n) is 16.6. The molecule has 16 nitrogen and oxygen atoms in total. The van der Waals surface area contributed by atoms with Crippen molar-refractivity contribution < 1.29 is 77.4 Å². The van der Waals surface area contributed by atoms with Crippen molar-refractivity contribution in [2.45, 2.75) is 0 Å². The highest BCUT2D eigenvalue weighted by Crippen LogP contribution is 2.31. The molecule has 0 aromatic heterocycles. The molecule has 0 aliphatic carbocycles. The minimum absolute atomic E-state index is 0.106. The number of carbonyl (C=O) groups is 2. The Balaban J connectivity index is 1.62. The SMILES string of the molecule is O=C(Oc1ccc(OC(=O)c2ccc(OCCOCCO)c(OCCOCCO)c2)cc1)c1ccc(OCCOCCO)c(OCCOCCO)c1. The molecule has 0 atom stereocenters. The van der Waals surface area contributed by atoms with Gasteiger partial charge in [0, 0.05) is 0 Å². The Labute approximate surface area is 301 Å². The van der Waals surface area contributed by atoms with Gasteiger partial charge < -0.3 is 67.8 Å². The van der Waals surface area contributed by atoms with E-state index in [1.165, 1.54) is 48.5 Å². The lowest BCUT2D eigenvalue weighted by Crippen LogP contribution is -2.14. The van der Waals surface area contributed by atoms with Crippen molar-refractivity contribution in [3.05, 3.63) is 71.8 Å². The molecule has 0 unspecified atom stereocenters. The quantitative estimate of drug-likeness (QED) is 0.0476. The smallest absolute Gasteiger partial charge is 0.343 e. The minimum atomic E-state index is -0.680. The highest BCUT2D eigenvalue weighted by Gasteiger charge is 2.17. The second-order valence-corrected chi connectivity index (χ2v) is 10.3. The van der Waals surface area contributed by atoms with Crippen molar-refractivity contribution in [3.8, 4) is 34.5 Å². The molecule has 3 rings (SSSR count). The highest BCUT2D eigenvalue weighted by atomic mass is 16.6. The summed E-state index contributed by atoms with van der Waals surface area (Å²) in [5, 5.41) is 35.5. The fourth-order valence-electron chi connectivity index (χ4n) is 4.15. The first kappa shape index (κ1) is 41.9. The van der Waals surface area contributed by atoms with E-state index < -0.39 is 11.9 Å². The van der Waals surface area contributed by atoms with Crippen LogP contribution in [0.2, 0.25) is 0 Å². The topological polar surface area (TPSA) is 207 Å². The zero-order valence-corrected chi connectivity index (χ0v) is 28.8. The third-order valence-electron chi connectivity index (χ3n) is 6.49. The summed E-state index contributed by atoms with van der Waals surface area (Å²) in [5.41, 5.74) is 0.350. The summed E-state index contributed by atoms with van der Waals surface area (Å²) in [6, 6.07) is 15.0. The fourth-order valence-corrected chi connectivity index (χ4v) is 4.15. The molecular formula is C36H46O16. The Morgan fingerprint density at radius 1 is 0.385 bits per heavy atom. The van der Waals surface area contributed by atoms with Gasteiger partial charge in [-0.2, -0.15) is 0 Å². The summed E-state index contributed by atoms with van der Waals surface area (Å²) in [7, 11) is 0. The molecule has 0 fully saturated rings. The van der Waals surface area contributed by atoms with Gasteiger partial charge in [0.05, 0.1) is 90.4 Å². The van der Waals surface area contributed by atoms with Gasteiger partial charge in [0.2, 0.25) is 0 Å². The van der Waals surface area contributed by atoms with E-state index in [4.69, 9.17) is 67.8 Å². The summed E-state index contributed by atoms with van der Waals surface area (Å²) in [6.07, 6.45) is 0. The number of aliphatic hydroxyl groups is 4. The van der Waals surface area contributed by atoms with E-state index in [2.05, 4.69) is 0 Å². The number of hydrogen-bond donors (Lipinski definition) is 4. The van der Waals surface area contributed by atoms with Gasteiger partial charge in [0.25, 0.3) is 0 Å². The molecule has 4 N–H and O–H groups in total. The second kappa shape index (κ2) is 25.4. The average molecular weight is 735 g/mol. The second-order valence-electron chi connectivity index (χ2n) is 10.3. The molecule has 0 bridgehead atoms. The molecule has 16 heteroatoms. The van der Waals surface area contributed by atoms with Gasteiger partial charge in [-0.1, -0.05) is 0 Å². The van der Waals surface area contributed by atoms with Crippen molar-refractivity contribution >= 4 is 11.9 Å². The summed E-state index contributed by atoms with van der Waals surface area (Å²) >= 11 is 0. The lowest BCUT2D eigenvalue weighted by molar-refractivity contribution is 0.0642. The van der Waals surface area contributed by atoms with Crippen molar-refractivity contribution in [2.75, 3.05) is 106 Å². The predicted molar refractivity (Wildman–Crippen MR) is 183 cm³/mol. The van der Waals surface area contributed by atoms with Crippen molar-refractivity contribution in [1.82, 2.24) is 0 Å². The van der Waals surface area contributed by atoms with Crippen LogP contribution in [0.4, 0.5) is 0 Å². The number of rotatable bonds is 28.